The molecule has 0 aromatic carbocycles. The molecule has 4 nitrogen and oxygen atoms in total. The van der Waals surface area contributed by atoms with Crippen LogP contribution in [0.5, 0.6) is 0 Å². The van der Waals surface area contributed by atoms with Crippen LogP contribution in [0.4, 0.5) is 0 Å². The van der Waals surface area contributed by atoms with Gasteiger partial charge in [-0.25, -0.2) is 4.79 Å². The molecule has 1 unspecified atom stereocenters. The maximum absolute atomic E-state index is 11.1. The number of rotatable bonds is 6. The molecule has 0 rings (SSSR count). The predicted molar refractivity (Wildman–Crippen MR) is 58.5 cm³/mol. The van der Waals surface area contributed by atoms with E-state index in [1.165, 1.54) is 25.8 Å². The zero-order valence-corrected chi connectivity index (χ0v) is 10.1. The zero-order valence-electron chi connectivity index (χ0n) is 9.24. The lowest BCUT2D eigenvalue weighted by molar-refractivity contribution is -0.158. The van der Waals surface area contributed by atoms with E-state index in [2.05, 4.69) is 9.64 Å². The van der Waals surface area contributed by atoms with Gasteiger partial charge in [0.2, 0.25) is 0 Å². The molecule has 0 saturated carbocycles. The first-order chi connectivity index (χ1) is 6.40. The molecule has 0 aromatic rings. The molecule has 0 aliphatic heterocycles. The number of esters is 1. The van der Waals surface area contributed by atoms with Gasteiger partial charge in [0.25, 0.3) is 0 Å². The maximum atomic E-state index is 11.1. The number of nitrogens with zero attached hydrogens (tertiary/aromatic N) is 1. The van der Waals surface area contributed by atoms with Crippen molar-refractivity contribution in [3.05, 3.63) is 0 Å². The second kappa shape index (κ2) is 6.27. The Kier molecular flexibility index (Phi) is 6.15. The van der Waals surface area contributed by atoms with Crippen LogP contribution in [0.1, 0.15) is 6.92 Å². The lowest BCUT2D eigenvalue weighted by Gasteiger charge is -2.19. The maximum Gasteiger partial charge on any atom is 0.338 e. The quantitative estimate of drug-likeness (QED) is 0.513. The van der Waals surface area contributed by atoms with Gasteiger partial charge in [-0.3, -0.25) is 0 Å². The predicted octanol–water partition coefficient (Wildman–Crippen LogP) is 0.205. The average Bonchev–Trinajstić information content (AvgIpc) is 2.10. The van der Waals surface area contributed by atoms with Crippen molar-refractivity contribution in [3.63, 3.8) is 0 Å². The number of hydrogen-bond acceptors (Lipinski definition) is 5. The molecule has 0 fully saturated rings. The molecule has 0 heterocycles. The summed E-state index contributed by atoms with van der Waals surface area (Å²) in [4.78, 5) is 13.1. The Bertz CT molecular complexity index is 183. The molecule has 0 aliphatic rings. The molecule has 5 heteroatoms. The van der Waals surface area contributed by atoms with Crippen LogP contribution in [0.2, 0.25) is 0 Å². The third-order valence-corrected chi connectivity index (χ3v) is 2.93. The minimum absolute atomic E-state index is 0.369. The summed E-state index contributed by atoms with van der Waals surface area (Å²) >= 11 is 1.54. The zero-order chi connectivity index (χ0) is 11.2. The second-order valence-electron chi connectivity index (χ2n) is 3.62. The van der Waals surface area contributed by atoms with Crippen molar-refractivity contribution in [1.29, 1.82) is 0 Å². The van der Waals surface area contributed by atoms with Gasteiger partial charge in [0.15, 0.2) is 5.60 Å². The van der Waals surface area contributed by atoms with Crippen LogP contribution in [0.25, 0.3) is 0 Å². The van der Waals surface area contributed by atoms with Gasteiger partial charge in [-0.05, 0) is 21.0 Å². The van der Waals surface area contributed by atoms with Crippen molar-refractivity contribution >= 4 is 17.7 Å². The smallest absolute Gasteiger partial charge is 0.338 e. The highest BCUT2D eigenvalue weighted by Crippen LogP contribution is 2.14. The van der Waals surface area contributed by atoms with E-state index < -0.39 is 11.6 Å². The van der Waals surface area contributed by atoms with Gasteiger partial charge < -0.3 is 14.7 Å². The average molecular weight is 221 g/mol. The topological polar surface area (TPSA) is 49.8 Å². The van der Waals surface area contributed by atoms with Crippen molar-refractivity contribution in [3.8, 4) is 0 Å². The molecule has 0 aliphatic carbocycles. The first-order valence-corrected chi connectivity index (χ1v) is 5.59. The molecule has 84 valence electrons. The molecule has 1 N–H and O–H groups in total. The normalized spacial score (nSPS) is 15.3. The van der Waals surface area contributed by atoms with Crippen LogP contribution in [0, 0.1) is 0 Å². The number of carbonyl (C=O) groups is 1. The van der Waals surface area contributed by atoms with Crippen molar-refractivity contribution in [1.82, 2.24) is 4.90 Å². The van der Waals surface area contributed by atoms with Crippen molar-refractivity contribution in [2.24, 2.45) is 0 Å². The Hall–Kier alpha value is -0.260. The second-order valence-corrected chi connectivity index (χ2v) is 4.73. The Morgan fingerprint density at radius 2 is 2.14 bits per heavy atom. The van der Waals surface area contributed by atoms with E-state index in [4.69, 9.17) is 0 Å². The Labute approximate surface area is 89.6 Å². The van der Waals surface area contributed by atoms with E-state index in [9.17, 15) is 9.90 Å². The molecule has 1 atom stereocenters. The monoisotopic (exact) mass is 221 g/mol. The van der Waals surface area contributed by atoms with Crippen molar-refractivity contribution < 1.29 is 14.6 Å². The molecule has 0 amide bonds. The van der Waals surface area contributed by atoms with Crippen LogP contribution >= 0.6 is 11.8 Å². The number of thioether (sulfide) groups is 1. The van der Waals surface area contributed by atoms with E-state index in [1.54, 1.807) is 0 Å². The summed E-state index contributed by atoms with van der Waals surface area (Å²) in [6.07, 6.45) is 0. The van der Waals surface area contributed by atoms with E-state index >= 15 is 0 Å². The third kappa shape index (κ3) is 5.47. The number of hydrogen-bond donors (Lipinski definition) is 1. The molecule has 0 aromatic heterocycles. The van der Waals surface area contributed by atoms with Crippen LogP contribution in [-0.4, -0.2) is 60.8 Å². The highest BCUT2D eigenvalue weighted by atomic mass is 32.2. The SMILES string of the molecule is COC(=O)C(C)(O)CSCCN(C)C. The molecule has 0 bridgehead atoms. The van der Waals surface area contributed by atoms with E-state index in [0.29, 0.717) is 5.75 Å². The Morgan fingerprint density at radius 3 is 2.57 bits per heavy atom. The van der Waals surface area contributed by atoms with Gasteiger partial charge in [0.05, 0.1) is 7.11 Å². The van der Waals surface area contributed by atoms with Gasteiger partial charge in [-0.1, -0.05) is 0 Å². The van der Waals surface area contributed by atoms with E-state index in [-0.39, 0.29) is 0 Å². The lowest BCUT2D eigenvalue weighted by Crippen LogP contribution is -2.39. The van der Waals surface area contributed by atoms with Crippen LogP contribution in [-0.2, 0) is 9.53 Å². The fourth-order valence-corrected chi connectivity index (χ4v) is 1.95. The van der Waals surface area contributed by atoms with Gasteiger partial charge in [-0.15, -0.1) is 0 Å². The lowest BCUT2D eigenvalue weighted by atomic mass is 10.1. The standard InChI is InChI=1S/C9H19NO3S/c1-9(12,8(11)13-4)7-14-6-5-10(2)3/h12H,5-7H2,1-4H3. The summed E-state index contributed by atoms with van der Waals surface area (Å²) in [5, 5.41) is 9.64. The van der Waals surface area contributed by atoms with Crippen LogP contribution < -0.4 is 0 Å². The number of ether oxygens (including phenoxy) is 1. The summed E-state index contributed by atoms with van der Waals surface area (Å²) in [7, 11) is 5.25. The van der Waals surface area contributed by atoms with E-state index in [0.717, 1.165) is 12.3 Å². The van der Waals surface area contributed by atoms with Crippen LogP contribution in [0.3, 0.4) is 0 Å². The molecular weight excluding hydrogens is 202 g/mol. The number of carbonyl (C=O) groups excluding carboxylic acids is 1. The molecule has 14 heavy (non-hydrogen) atoms. The summed E-state index contributed by atoms with van der Waals surface area (Å²) in [5.74, 6) is 0.683. The Balaban J connectivity index is 3.71. The minimum Gasteiger partial charge on any atom is -0.467 e. The van der Waals surface area contributed by atoms with Gasteiger partial charge in [0.1, 0.15) is 0 Å². The first-order valence-electron chi connectivity index (χ1n) is 4.43. The summed E-state index contributed by atoms with van der Waals surface area (Å²) in [6.45, 7) is 2.41. The fourth-order valence-electron chi connectivity index (χ4n) is 0.797. The summed E-state index contributed by atoms with van der Waals surface area (Å²) in [5.41, 5.74) is -1.37. The van der Waals surface area contributed by atoms with Crippen molar-refractivity contribution in [2.75, 3.05) is 39.3 Å². The van der Waals surface area contributed by atoms with E-state index in [1.807, 2.05) is 14.1 Å². The summed E-state index contributed by atoms with van der Waals surface area (Å²) < 4.78 is 4.48. The first kappa shape index (κ1) is 13.7. The number of aliphatic hydroxyl groups is 1. The highest BCUT2D eigenvalue weighted by molar-refractivity contribution is 7.99. The largest absolute Gasteiger partial charge is 0.467 e. The van der Waals surface area contributed by atoms with Gasteiger partial charge in [-0.2, -0.15) is 11.8 Å². The highest BCUT2D eigenvalue weighted by Gasteiger charge is 2.30. The van der Waals surface area contributed by atoms with Gasteiger partial charge >= 0.3 is 5.97 Å². The van der Waals surface area contributed by atoms with Crippen molar-refractivity contribution in [2.45, 2.75) is 12.5 Å². The summed E-state index contributed by atoms with van der Waals surface area (Å²) in [6, 6.07) is 0. The minimum atomic E-state index is -1.37. The molecule has 0 spiro atoms. The Morgan fingerprint density at radius 1 is 1.57 bits per heavy atom. The fraction of sp³-hybridized carbons (Fsp3) is 0.889. The third-order valence-electron chi connectivity index (χ3n) is 1.69. The molecule has 0 saturated heterocycles. The number of methoxy groups -OCH3 is 1. The van der Waals surface area contributed by atoms with Crippen LogP contribution in [0.15, 0.2) is 0 Å². The molecular formula is C9H19NO3S. The van der Waals surface area contributed by atoms with Gasteiger partial charge in [0, 0.05) is 18.1 Å². The molecule has 0 radical (unpaired) electrons.